The molecule has 0 unspecified atom stereocenters. The van der Waals surface area contributed by atoms with E-state index in [1.54, 1.807) is 24.3 Å². The molecule has 2 aromatic carbocycles. The van der Waals surface area contributed by atoms with Crippen molar-refractivity contribution < 1.29 is 19.1 Å². The largest absolute Gasteiger partial charge is 0.484 e. The number of amides is 2. The average molecular weight is 396 g/mol. The second-order valence-corrected chi connectivity index (χ2v) is 7.45. The molecule has 2 aromatic rings. The molecule has 1 aliphatic heterocycles. The van der Waals surface area contributed by atoms with Gasteiger partial charge >= 0.3 is 0 Å². The Morgan fingerprint density at radius 1 is 1.14 bits per heavy atom. The number of carbonyl (C=O) groups is 2. The van der Waals surface area contributed by atoms with Gasteiger partial charge in [0.15, 0.2) is 6.61 Å². The number of benzene rings is 2. The Labute approximate surface area is 171 Å². The van der Waals surface area contributed by atoms with E-state index < -0.39 is 0 Å². The molecule has 1 fully saturated rings. The first kappa shape index (κ1) is 20.9. The molecule has 1 heterocycles. The highest BCUT2D eigenvalue weighted by atomic mass is 16.5. The lowest BCUT2D eigenvalue weighted by Gasteiger charge is -2.14. The molecule has 6 nitrogen and oxygen atoms in total. The van der Waals surface area contributed by atoms with E-state index in [1.165, 1.54) is 5.56 Å². The molecule has 6 heteroatoms. The van der Waals surface area contributed by atoms with Crippen LogP contribution in [0.1, 0.15) is 48.5 Å². The van der Waals surface area contributed by atoms with E-state index in [4.69, 9.17) is 9.47 Å². The van der Waals surface area contributed by atoms with Gasteiger partial charge in [-0.1, -0.05) is 38.1 Å². The molecular formula is C23H28N2O4. The van der Waals surface area contributed by atoms with Gasteiger partial charge in [0.1, 0.15) is 5.75 Å². The van der Waals surface area contributed by atoms with Gasteiger partial charge in [-0.3, -0.25) is 9.59 Å². The maximum Gasteiger partial charge on any atom is 0.262 e. The van der Waals surface area contributed by atoms with Crippen molar-refractivity contribution in [2.45, 2.75) is 38.7 Å². The van der Waals surface area contributed by atoms with Crippen LogP contribution >= 0.6 is 0 Å². The maximum atomic E-state index is 12.5. The molecule has 2 amide bonds. The summed E-state index contributed by atoms with van der Waals surface area (Å²) in [7, 11) is 0. The first-order chi connectivity index (χ1) is 14.0. The highest BCUT2D eigenvalue weighted by Crippen LogP contribution is 2.19. The van der Waals surface area contributed by atoms with Crippen LogP contribution in [0.2, 0.25) is 0 Å². The standard InChI is InChI=1S/C23H28N2O4/c1-16(2)17-9-11-18(12-10-17)29-15-22(26)25-21-8-4-3-7-20(21)23(27)24-14-19-6-5-13-28-19/h3-4,7-12,16,19H,5-6,13-15H2,1-2H3,(H,24,27)(H,25,26)/t19-/m1/s1. The second kappa shape index (κ2) is 10.1. The molecule has 1 saturated heterocycles. The van der Waals surface area contributed by atoms with Gasteiger partial charge < -0.3 is 20.1 Å². The number of ether oxygens (including phenoxy) is 2. The van der Waals surface area contributed by atoms with Crippen LogP contribution in [-0.2, 0) is 9.53 Å². The number of hydrogen-bond donors (Lipinski definition) is 2. The highest BCUT2D eigenvalue weighted by molar-refractivity contribution is 6.04. The number of hydrogen-bond acceptors (Lipinski definition) is 4. The lowest BCUT2D eigenvalue weighted by molar-refractivity contribution is -0.118. The van der Waals surface area contributed by atoms with E-state index in [9.17, 15) is 9.59 Å². The summed E-state index contributed by atoms with van der Waals surface area (Å²) in [4.78, 5) is 24.8. The first-order valence-electron chi connectivity index (χ1n) is 10.0. The third-order valence-corrected chi connectivity index (χ3v) is 4.88. The Morgan fingerprint density at radius 3 is 2.59 bits per heavy atom. The van der Waals surface area contributed by atoms with Gasteiger partial charge in [0, 0.05) is 13.2 Å². The number of anilines is 1. The van der Waals surface area contributed by atoms with E-state index in [0.717, 1.165) is 19.4 Å². The Bertz CT molecular complexity index is 827. The Kier molecular flexibility index (Phi) is 7.25. The Morgan fingerprint density at radius 2 is 1.90 bits per heavy atom. The molecule has 0 bridgehead atoms. The number of para-hydroxylation sites is 1. The van der Waals surface area contributed by atoms with Crippen molar-refractivity contribution in [1.29, 1.82) is 0 Å². The molecular weight excluding hydrogens is 368 g/mol. The van der Waals surface area contributed by atoms with Gasteiger partial charge in [-0.15, -0.1) is 0 Å². The van der Waals surface area contributed by atoms with Crippen LogP contribution < -0.4 is 15.4 Å². The zero-order chi connectivity index (χ0) is 20.6. The average Bonchev–Trinajstić information content (AvgIpc) is 3.25. The predicted molar refractivity (Wildman–Crippen MR) is 112 cm³/mol. The summed E-state index contributed by atoms with van der Waals surface area (Å²) in [5.74, 6) is 0.515. The van der Waals surface area contributed by atoms with Crippen LogP contribution in [0.15, 0.2) is 48.5 Å². The number of carbonyl (C=O) groups excluding carboxylic acids is 2. The van der Waals surface area contributed by atoms with Crippen molar-refractivity contribution in [2.24, 2.45) is 0 Å². The predicted octanol–water partition coefficient (Wildman–Crippen LogP) is 3.74. The Balaban J connectivity index is 1.53. The minimum Gasteiger partial charge on any atom is -0.484 e. The third kappa shape index (κ3) is 6.06. The van der Waals surface area contributed by atoms with Gasteiger partial charge in [0.25, 0.3) is 11.8 Å². The second-order valence-electron chi connectivity index (χ2n) is 7.45. The first-order valence-corrected chi connectivity index (χ1v) is 10.0. The molecule has 0 radical (unpaired) electrons. The minimum absolute atomic E-state index is 0.0659. The van der Waals surface area contributed by atoms with Crippen LogP contribution in [0.4, 0.5) is 5.69 Å². The number of rotatable bonds is 8. The van der Waals surface area contributed by atoms with Crippen molar-refractivity contribution in [3.63, 3.8) is 0 Å². The third-order valence-electron chi connectivity index (χ3n) is 4.88. The summed E-state index contributed by atoms with van der Waals surface area (Å²) in [5, 5.41) is 5.64. The van der Waals surface area contributed by atoms with Gasteiger partial charge in [-0.05, 0) is 48.6 Å². The summed E-state index contributed by atoms with van der Waals surface area (Å²) in [6.07, 6.45) is 2.04. The Hall–Kier alpha value is -2.86. The van der Waals surface area contributed by atoms with Crippen LogP contribution in [0, 0.1) is 0 Å². The summed E-state index contributed by atoms with van der Waals surface area (Å²) >= 11 is 0. The molecule has 3 rings (SSSR count). The maximum absolute atomic E-state index is 12.5. The van der Waals surface area contributed by atoms with Crippen LogP contribution in [0.25, 0.3) is 0 Å². The van der Waals surface area contributed by atoms with Crippen molar-refractivity contribution in [2.75, 3.05) is 25.1 Å². The molecule has 0 aliphatic carbocycles. The molecule has 154 valence electrons. The van der Waals surface area contributed by atoms with Crippen molar-refractivity contribution in [1.82, 2.24) is 5.32 Å². The van der Waals surface area contributed by atoms with Gasteiger partial charge in [0.05, 0.1) is 17.4 Å². The highest BCUT2D eigenvalue weighted by Gasteiger charge is 2.18. The van der Waals surface area contributed by atoms with E-state index in [2.05, 4.69) is 24.5 Å². The quantitative estimate of drug-likeness (QED) is 0.713. The minimum atomic E-state index is -0.322. The van der Waals surface area contributed by atoms with Gasteiger partial charge in [-0.25, -0.2) is 0 Å². The summed E-state index contributed by atoms with van der Waals surface area (Å²) in [6.45, 7) is 5.33. The monoisotopic (exact) mass is 396 g/mol. The summed E-state index contributed by atoms with van der Waals surface area (Å²) < 4.78 is 11.1. The van der Waals surface area contributed by atoms with Crippen LogP contribution in [0.5, 0.6) is 5.75 Å². The lowest BCUT2D eigenvalue weighted by Crippen LogP contribution is -2.32. The summed E-state index contributed by atoms with van der Waals surface area (Å²) in [5.41, 5.74) is 2.09. The fraction of sp³-hybridized carbons (Fsp3) is 0.391. The molecule has 0 spiro atoms. The van der Waals surface area contributed by atoms with Crippen molar-refractivity contribution in [3.05, 3.63) is 59.7 Å². The van der Waals surface area contributed by atoms with E-state index in [0.29, 0.717) is 29.5 Å². The fourth-order valence-corrected chi connectivity index (χ4v) is 3.18. The topological polar surface area (TPSA) is 76.7 Å². The van der Waals surface area contributed by atoms with Crippen LogP contribution in [0.3, 0.4) is 0 Å². The zero-order valence-corrected chi connectivity index (χ0v) is 16.9. The number of nitrogens with one attached hydrogen (secondary N) is 2. The zero-order valence-electron chi connectivity index (χ0n) is 16.9. The summed E-state index contributed by atoms with van der Waals surface area (Å²) in [6, 6.07) is 14.6. The molecule has 1 aliphatic rings. The molecule has 0 saturated carbocycles. The van der Waals surface area contributed by atoms with Gasteiger partial charge in [-0.2, -0.15) is 0 Å². The van der Waals surface area contributed by atoms with Crippen molar-refractivity contribution >= 4 is 17.5 Å². The lowest BCUT2D eigenvalue weighted by atomic mass is 10.0. The van der Waals surface area contributed by atoms with Crippen molar-refractivity contribution in [3.8, 4) is 5.75 Å². The van der Waals surface area contributed by atoms with E-state index in [-0.39, 0.29) is 24.5 Å². The molecule has 2 N–H and O–H groups in total. The molecule has 29 heavy (non-hydrogen) atoms. The normalized spacial score (nSPS) is 15.9. The van der Waals surface area contributed by atoms with E-state index >= 15 is 0 Å². The SMILES string of the molecule is CC(C)c1ccc(OCC(=O)Nc2ccccc2C(=O)NC[C@H]2CCCO2)cc1. The van der Waals surface area contributed by atoms with Crippen LogP contribution in [-0.4, -0.2) is 37.7 Å². The molecule has 1 atom stereocenters. The molecule has 0 aromatic heterocycles. The van der Waals surface area contributed by atoms with Gasteiger partial charge in [0.2, 0.25) is 0 Å². The fourth-order valence-electron chi connectivity index (χ4n) is 3.18. The smallest absolute Gasteiger partial charge is 0.262 e. The van der Waals surface area contributed by atoms with E-state index in [1.807, 2.05) is 24.3 Å².